The van der Waals surface area contributed by atoms with Gasteiger partial charge >= 0.3 is 5.97 Å². The molecule has 0 aliphatic rings. The number of carboxylic acid groups (broad SMARTS) is 1. The summed E-state index contributed by atoms with van der Waals surface area (Å²) in [4.78, 5) is 21.8. The van der Waals surface area contributed by atoms with E-state index in [9.17, 15) is 9.59 Å². The molecule has 0 saturated carbocycles. The van der Waals surface area contributed by atoms with E-state index in [1.807, 2.05) is 6.07 Å². The van der Waals surface area contributed by atoms with Crippen molar-refractivity contribution in [2.24, 2.45) is 0 Å². The second-order valence-electron chi connectivity index (χ2n) is 4.15. The molecule has 1 aromatic carbocycles. The topological polar surface area (TPSA) is 85.1 Å². The van der Waals surface area contributed by atoms with E-state index < -0.39 is 5.97 Å². The van der Waals surface area contributed by atoms with Gasteiger partial charge in [0.2, 0.25) is 0 Å². The Hall–Kier alpha value is -2.50. The summed E-state index contributed by atoms with van der Waals surface area (Å²) in [5.41, 5.74) is 1.93. The van der Waals surface area contributed by atoms with Gasteiger partial charge in [-0.3, -0.25) is 9.59 Å². The fraction of sp³-hybridized carbons (Fsp3) is 0.231. The number of aromatic nitrogens is 3. The largest absolute Gasteiger partial charge is 0.481 e. The number of ketones is 1. The quantitative estimate of drug-likeness (QED) is 0.822. The van der Waals surface area contributed by atoms with E-state index in [4.69, 9.17) is 5.11 Å². The fourth-order valence-electron chi connectivity index (χ4n) is 1.64. The number of Topliss-reactive ketones (excluding diaryl/α,β-unsaturated/α-hetero) is 1. The van der Waals surface area contributed by atoms with Crippen molar-refractivity contribution in [3.05, 3.63) is 41.7 Å². The lowest BCUT2D eigenvalue weighted by atomic mass is 10.1. The van der Waals surface area contributed by atoms with E-state index in [-0.39, 0.29) is 12.2 Å². The van der Waals surface area contributed by atoms with E-state index in [0.29, 0.717) is 17.7 Å². The van der Waals surface area contributed by atoms with Crippen molar-refractivity contribution in [2.75, 3.05) is 0 Å². The molecule has 0 spiro atoms. The van der Waals surface area contributed by atoms with E-state index in [1.165, 1.54) is 11.6 Å². The highest BCUT2D eigenvalue weighted by atomic mass is 16.4. The van der Waals surface area contributed by atoms with E-state index in [1.54, 1.807) is 24.4 Å². The van der Waals surface area contributed by atoms with Gasteiger partial charge in [-0.15, -0.1) is 5.10 Å². The standard InChI is InChI=1S/C13H13N3O3/c1-9(17)10-3-2-4-12(7-10)16-8-11(14-15-16)5-6-13(18)19/h2-4,7-8H,5-6H2,1H3,(H,18,19). The second kappa shape index (κ2) is 5.43. The molecule has 0 amide bonds. The van der Waals surface area contributed by atoms with Crippen molar-refractivity contribution in [3.8, 4) is 5.69 Å². The van der Waals surface area contributed by atoms with Crippen LogP contribution in [0, 0.1) is 0 Å². The predicted molar refractivity (Wildman–Crippen MR) is 67.3 cm³/mol. The number of carbonyl (C=O) groups excluding carboxylic acids is 1. The molecule has 0 fully saturated rings. The van der Waals surface area contributed by atoms with Gasteiger partial charge in [-0.25, -0.2) is 4.68 Å². The number of carbonyl (C=O) groups is 2. The van der Waals surface area contributed by atoms with Crippen molar-refractivity contribution < 1.29 is 14.7 Å². The molecule has 0 atom stereocenters. The van der Waals surface area contributed by atoms with E-state index >= 15 is 0 Å². The van der Waals surface area contributed by atoms with Gasteiger partial charge in [0.25, 0.3) is 0 Å². The number of rotatable bonds is 5. The van der Waals surface area contributed by atoms with Crippen LogP contribution >= 0.6 is 0 Å². The number of aliphatic carboxylic acids is 1. The van der Waals surface area contributed by atoms with Gasteiger partial charge in [-0.05, 0) is 19.1 Å². The average molecular weight is 259 g/mol. The molecule has 1 N–H and O–H groups in total. The van der Waals surface area contributed by atoms with Gasteiger partial charge in [-0.1, -0.05) is 17.3 Å². The molecule has 2 rings (SSSR count). The lowest BCUT2D eigenvalue weighted by Gasteiger charge is -2.01. The lowest BCUT2D eigenvalue weighted by Crippen LogP contribution is -1.98. The third-order valence-electron chi connectivity index (χ3n) is 2.65. The molecule has 1 aromatic heterocycles. The summed E-state index contributed by atoms with van der Waals surface area (Å²) in [6.45, 7) is 1.50. The second-order valence-corrected chi connectivity index (χ2v) is 4.15. The van der Waals surface area contributed by atoms with Gasteiger partial charge in [0.15, 0.2) is 5.78 Å². The zero-order chi connectivity index (χ0) is 13.8. The van der Waals surface area contributed by atoms with Crippen molar-refractivity contribution >= 4 is 11.8 Å². The summed E-state index contributed by atoms with van der Waals surface area (Å²) in [5.74, 6) is -0.888. The van der Waals surface area contributed by atoms with Gasteiger partial charge in [0.1, 0.15) is 0 Å². The van der Waals surface area contributed by atoms with Gasteiger partial charge in [0.05, 0.1) is 24.0 Å². The Labute approximate surface area is 109 Å². The molecule has 0 unspecified atom stereocenters. The molecule has 0 saturated heterocycles. The molecule has 6 heteroatoms. The summed E-state index contributed by atoms with van der Waals surface area (Å²) in [5, 5.41) is 16.4. The van der Waals surface area contributed by atoms with Crippen LogP contribution in [0.5, 0.6) is 0 Å². The molecule has 1 heterocycles. The minimum Gasteiger partial charge on any atom is -0.481 e. The third-order valence-corrected chi connectivity index (χ3v) is 2.65. The van der Waals surface area contributed by atoms with Gasteiger partial charge in [-0.2, -0.15) is 0 Å². The van der Waals surface area contributed by atoms with Crippen LogP contribution in [0.4, 0.5) is 0 Å². The van der Waals surface area contributed by atoms with Crippen LogP contribution in [0.25, 0.3) is 5.69 Å². The van der Waals surface area contributed by atoms with Crippen LogP contribution in [0.15, 0.2) is 30.5 Å². The molecule has 0 radical (unpaired) electrons. The van der Waals surface area contributed by atoms with Gasteiger partial charge in [0, 0.05) is 12.0 Å². The molecular formula is C13H13N3O3. The van der Waals surface area contributed by atoms with Crippen molar-refractivity contribution in [2.45, 2.75) is 19.8 Å². The zero-order valence-corrected chi connectivity index (χ0v) is 10.4. The molecule has 6 nitrogen and oxygen atoms in total. The Morgan fingerprint density at radius 3 is 2.84 bits per heavy atom. The van der Waals surface area contributed by atoms with Crippen molar-refractivity contribution in [1.29, 1.82) is 0 Å². The van der Waals surface area contributed by atoms with Gasteiger partial charge < -0.3 is 5.11 Å². The first-order valence-corrected chi connectivity index (χ1v) is 5.80. The number of nitrogens with zero attached hydrogens (tertiary/aromatic N) is 3. The summed E-state index contributed by atoms with van der Waals surface area (Å²) < 4.78 is 1.53. The summed E-state index contributed by atoms with van der Waals surface area (Å²) in [6.07, 6.45) is 2.02. The number of benzene rings is 1. The normalized spacial score (nSPS) is 10.4. The number of carboxylic acids is 1. The Kier molecular flexibility index (Phi) is 3.70. The Morgan fingerprint density at radius 1 is 1.37 bits per heavy atom. The smallest absolute Gasteiger partial charge is 0.303 e. The predicted octanol–water partition coefficient (Wildman–Crippen LogP) is 1.49. The number of aryl methyl sites for hydroxylation is 1. The zero-order valence-electron chi connectivity index (χ0n) is 10.4. The summed E-state index contributed by atoms with van der Waals surface area (Å²) in [6, 6.07) is 7.03. The fourth-order valence-corrected chi connectivity index (χ4v) is 1.64. The molecular weight excluding hydrogens is 246 g/mol. The maximum Gasteiger partial charge on any atom is 0.303 e. The summed E-state index contributed by atoms with van der Waals surface area (Å²) in [7, 11) is 0. The monoisotopic (exact) mass is 259 g/mol. The molecule has 0 aliphatic heterocycles. The van der Waals surface area contributed by atoms with E-state index in [0.717, 1.165) is 5.69 Å². The Morgan fingerprint density at radius 2 is 2.16 bits per heavy atom. The minimum atomic E-state index is -0.867. The number of hydrogen-bond donors (Lipinski definition) is 1. The molecule has 0 bridgehead atoms. The average Bonchev–Trinajstić information content (AvgIpc) is 2.85. The maximum absolute atomic E-state index is 11.3. The lowest BCUT2D eigenvalue weighted by molar-refractivity contribution is -0.136. The molecule has 0 aliphatic carbocycles. The summed E-state index contributed by atoms with van der Waals surface area (Å²) >= 11 is 0. The number of hydrogen-bond acceptors (Lipinski definition) is 4. The van der Waals surface area contributed by atoms with Crippen LogP contribution in [0.3, 0.4) is 0 Å². The Balaban J connectivity index is 2.20. The van der Waals surface area contributed by atoms with Crippen molar-refractivity contribution in [3.63, 3.8) is 0 Å². The first kappa shape index (κ1) is 12.9. The van der Waals surface area contributed by atoms with Crippen LogP contribution in [-0.4, -0.2) is 31.9 Å². The van der Waals surface area contributed by atoms with Crippen LogP contribution in [0.1, 0.15) is 29.4 Å². The first-order valence-electron chi connectivity index (χ1n) is 5.80. The Bertz CT molecular complexity index is 619. The SMILES string of the molecule is CC(=O)c1cccc(-n2cc(CCC(=O)O)nn2)c1. The van der Waals surface area contributed by atoms with Crippen molar-refractivity contribution in [1.82, 2.24) is 15.0 Å². The highest BCUT2D eigenvalue weighted by Gasteiger charge is 2.07. The first-order chi connectivity index (χ1) is 9.06. The minimum absolute atomic E-state index is 0.0200. The highest BCUT2D eigenvalue weighted by molar-refractivity contribution is 5.94. The molecule has 2 aromatic rings. The molecule has 98 valence electrons. The van der Waals surface area contributed by atoms with E-state index in [2.05, 4.69) is 10.3 Å². The third kappa shape index (κ3) is 3.25. The maximum atomic E-state index is 11.3. The van der Waals surface area contributed by atoms with Crippen LogP contribution < -0.4 is 0 Å². The van der Waals surface area contributed by atoms with Crippen LogP contribution in [0.2, 0.25) is 0 Å². The van der Waals surface area contributed by atoms with Crippen LogP contribution in [-0.2, 0) is 11.2 Å². The molecule has 19 heavy (non-hydrogen) atoms. The highest BCUT2D eigenvalue weighted by Crippen LogP contribution is 2.11.